The number of nitrogens with one attached hydrogen (secondary N) is 3. The van der Waals surface area contributed by atoms with Crippen molar-refractivity contribution in [1.82, 2.24) is 20.9 Å². The van der Waals surface area contributed by atoms with Crippen LogP contribution in [-0.2, 0) is 9.59 Å². The Morgan fingerprint density at radius 2 is 0.738 bits per heavy atom. The van der Waals surface area contributed by atoms with E-state index in [1.165, 1.54) is 135 Å². The van der Waals surface area contributed by atoms with Crippen LogP contribution in [-0.4, -0.2) is 63.0 Å². The van der Waals surface area contributed by atoms with Crippen LogP contribution in [0.2, 0.25) is 0 Å². The summed E-state index contributed by atoms with van der Waals surface area (Å²) in [4.78, 5) is 27.0. The molecule has 2 amide bonds. The SMILES string of the molecule is CCCCCCCCCCCCCCNC(=O)CCN(CCNC)CCC(=O)NCCCCCCCCCCCCC. The molecule has 0 atom stereocenters. The first-order valence-electron chi connectivity index (χ1n) is 18.5. The molecule has 250 valence electrons. The van der Waals surface area contributed by atoms with Crippen molar-refractivity contribution in [2.75, 3.05) is 46.3 Å². The van der Waals surface area contributed by atoms with E-state index in [0.29, 0.717) is 25.9 Å². The van der Waals surface area contributed by atoms with Crippen LogP contribution in [0.25, 0.3) is 0 Å². The second-order valence-corrected chi connectivity index (χ2v) is 12.6. The standard InChI is InChI=1S/C36H74N4O2/c1-4-6-8-10-12-14-16-18-20-22-24-26-30-39-36(42)28-33-40(34-31-37-3)32-27-35(41)38-29-25-23-21-19-17-15-13-11-9-7-5-2/h37H,4-34H2,1-3H3,(H,38,41)(H,39,42). The van der Waals surface area contributed by atoms with Gasteiger partial charge in [-0.1, -0.05) is 149 Å². The molecule has 0 aliphatic rings. The smallest absolute Gasteiger partial charge is 0.221 e. The Morgan fingerprint density at radius 1 is 0.429 bits per heavy atom. The van der Waals surface area contributed by atoms with Crippen molar-refractivity contribution in [2.24, 2.45) is 0 Å². The van der Waals surface area contributed by atoms with Crippen molar-refractivity contribution in [3.63, 3.8) is 0 Å². The molecule has 0 aromatic rings. The molecule has 0 aliphatic carbocycles. The maximum atomic E-state index is 12.4. The topological polar surface area (TPSA) is 73.5 Å². The van der Waals surface area contributed by atoms with Gasteiger partial charge in [0.1, 0.15) is 0 Å². The molecule has 0 aromatic carbocycles. The van der Waals surface area contributed by atoms with Gasteiger partial charge in [0.2, 0.25) is 11.8 Å². The van der Waals surface area contributed by atoms with Crippen LogP contribution in [0.3, 0.4) is 0 Å². The molecule has 3 N–H and O–H groups in total. The number of hydrogen-bond acceptors (Lipinski definition) is 4. The van der Waals surface area contributed by atoms with E-state index < -0.39 is 0 Å². The summed E-state index contributed by atoms with van der Waals surface area (Å²) in [5, 5.41) is 9.39. The highest BCUT2D eigenvalue weighted by Gasteiger charge is 2.10. The van der Waals surface area contributed by atoms with Crippen LogP contribution in [0.4, 0.5) is 0 Å². The van der Waals surface area contributed by atoms with Crippen LogP contribution < -0.4 is 16.0 Å². The third-order valence-corrected chi connectivity index (χ3v) is 8.44. The molecule has 0 aromatic heterocycles. The molecule has 42 heavy (non-hydrogen) atoms. The average Bonchev–Trinajstić information content (AvgIpc) is 2.99. The Kier molecular flexibility index (Phi) is 33.4. The lowest BCUT2D eigenvalue weighted by molar-refractivity contribution is -0.121. The van der Waals surface area contributed by atoms with Gasteiger partial charge in [0.25, 0.3) is 0 Å². The molecule has 0 fully saturated rings. The Labute approximate surface area is 262 Å². The Balaban J connectivity index is 3.72. The van der Waals surface area contributed by atoms with Gasteiger partial charge >= 0.3 is 0 Å². The van der Waals surface area contributed by atoms with Crippen molar-refractivity contribution in [1.29, 1.82) is 0 Å². The first kappa shape index (κ1) is 40.9. The number of nitrogens with zero attached hydrogens (tertiary/aromatic N) is 1. The molecule has 0 saturated heterocycles. The minimum atomic E-state index is 0.132. The van der Waals surface area contributed by atoms with E-state index >= 15 is 0 Å². The minimum Gasteiger partial charge on any atom is -0.356 e. The first-order valence-corrected chi connectivity index (χ1v) is 18.5. The lowest BCUT2D eigenvalue weighted by Crippen LogP contribution is -2.37. The van der Waals surface area contributed by atoms with E-state index in [0.717, 1.165) is 39.0 Å². The maximum absolute atomic E-state index is 12.4. The van der Waals surface area contributed by atoms with Gasteiger partial charge in [0.15, 0.2) is 0 Å². The maximum Gasteiger partial charge on any atom is 0.221 e. The number of rotatable bonds is 34. The molecule has 0 heterocycles. The molecular formula is C36H74N4O2. The summed E-state index contributed by atoms with van der Waals surface area (Å²) in [6.45, 7) is 9.25. The molecule has 6 heteroatoms. The lowest BCUT2D eigenvalue weighted by Gasteiger charge is -2.21. The summed E-state index contributed by atoms with van der Waals surface area (Å²) >= 11 is 0. The van der Waals surface area contributed by atoms with Gasteiger partial charge in [0, 0.05) is 52.1 Å². The van der Waals surface area contributed by atoms with Crippen LogP contribution >= 0.6 is 0 Å². The highest BCUT2D eigenvalue weighted by molar-refractivity contribution is 5.76. The molecule has 0 saturated carbocycles. The summed E-state index contributed by atoms with van der Waals surface area (Å²) in [5.74, 6) is 0.265. The Morgan fingerprint density at radius 3 is 1.05 bits per heavy atom. The largest absolute Gasteiger partial charge is 0.356 e. The zero-order chi connectivity index (χ0) is 30.8. The van der Waals surface area contributed by atoms with Gasteiger partial charge in [-0.2, -0.15) is 0 Å². The van der Waals surface area contributed by atoms with E-state index in [-0.39, 0.29) is 11.8 Å². The quantitative estimate of drug-likeness (QED) is 0.0653. The monoisotopic (exact) mass is 595 g/mol. The highest BCUT2D eigenvalue weighted by Crippen LogP contribution is 2.12. The fraction of sp³-hybridized carbons (Fsp3) is 0.944. The number of carbonyl (C=O) groups is 2. The van der Waals surface area contributed by atoms with E-state index in [9.17, 15) is 9.59 Å². The summed E-state index contributed by atoms with van der Waals surface area (Å²) in [6.07, 6.45) is 31.5. The van der Waals surface area contributed by atoms with Crippen molar-refractivity contribution in [2.45, 2.75) is 174 Å². The third-order valence-electron chi connectivity index (χ3n) is 8.44. The molecule has 0 rings (SSSR count). The van der Waals surface area contributed by atoms with Crippen LogP contribution in [0, 0.1) is 0 Å². The van der Waals surface area contributed by atoms with Gasteiger partial charge in [-0.3, -0.25) is 9.59 Å². The number of carbonyl (C=O) groups excluding carboxylic acids is 2. The van der Waals surface area contributed by atoms with Crippen LogP contribution in [0.1, 0.15) is 174 Å². The van der Waals surface area contributed by atoms with Gasteiger partial charge in [-0.05, 0) is 19.9 Å². The van der Waals surface area contributed by atoms with E-state index in [2.05, 4.69) is 34.7 Å². The second-order valence-electron chi connectivity index (χ2n) is 12.6. The number of amides is 2. The lowest BCUT2D eigenvalue weighted by atomic mass is 10.1. The zero-order valence-electron chi connectivity index (χ0n) is 28.7. The molecule has 0 spiro atoms. The molecule has 0 aliphatic heterocycles. The highest BCUT2D eigenvalue weighted by atomic mass is 16.2. The molecule has 6 nitrogen and oxygen atoms in total. The van der Waals surface area contributed by atoms with Crippen LogP contribution in [0.5, 0.6) is 0 Å². The predicted octanol–water partition coefficient (Wildman–Crippen LogP) is 8.53. The number of likely N-dealkylation sites (N-methyl/N-ethyl adjacent to an activating group) is 1. The van der Waals surface area contributed by atoms with E-state index in [1.54, 1.807) is 0 Å². The van der Waals surface area contributed by atoms with E-state index in [4.69, 9.17) is 0 Å². The first-order chi connectivity index (χ1) is 20.6. The molecule has 0 bridgehead atoms. The van der Waals surface area contributed by atoms with Gasteiger partial charge in [-0.25, -0.2) is 0 Å². The Bertz CT molecular complexity index is 573. The summed E-state index contributed by atoms with van der Waals surface area (Å²) < 4.78 is 0. The minimum absolute atomic E-state index is 0.132. The molecular weight excluding hydrogens is 520 g/mol. The normalized spacial score (nSPS) is 11.3. The average molecular weight is 595 g/mol. The van der Waals surface area contributed by atoms with Gasteiger partial charge < -0.3 is 20.9 Å². The number of hydrogen-bond donors (Lipinski definition) is 3. The van der Waals surface area contributed by atoms with E-state index in [1.807, 2.05) is 7.05 Å². The van der Waals surface area contributed by atoms with Crippen molar-refractivity contribution in [3.05, 3.63) is 0 Å². The summed E-state index contributed by atoms with van der Waals surface area (Å²) in [6, 6.07) is 0. The third kappa shape index (κ3) is 31.8. The Hall–Kier alpha value is -1.14. The van der Waals surface area contributed by atoms with Crippen molar-refractivity contribution in [3.8, 4) is 0 Å². The van der Waals surface area contributed by atoms with Crippen molar-refractivity contribution >= 4 is 11.8 Å². The van der Waals surface area contributed by atoms with Crippen molar-refractivity contribution < 1.29 is 9.59 Å². The summed E-state index contributed by atoms with van der Waals surface area (Å²) in [5.41, 5.74) is 0. The zero-order valence-corrected chi connectivity index (χ0v) is 28.7. The molecule has 0 unspecified atom stereocenters. The van der Waals surface area contributed by atoms with Gasteiger partial charge in [0.05, 0.1) is 0 Å². The second kappa shape index (κ2) is 34.4. The predicted molar refractivity (Wildman–Crippen MR) is 183 cm³/mol. The van der Waals surface area contributed by atoms with Gasteiger partial charge in [-0.15, -0.1) is 0 Å². The molecule has 0 radical (unpaired) electrons. The fourth-order valence-corrected chi connectivity index (χ4v) is 5.51. The fourth-order valence-electron chi connectivity index (χ4n) is 5.51. The summed E-state index contributed by atoms with van der Waals surface area (Å²) in [7, 11) is 1.94. The number of unbranched alkanes of at least 4 members (excludes halogenated alkanes) is 21. The van der Waals surface area contributed by atoms with Crippen LogP contribution in [0.15, 0.2) is 0 Å².